The van der Waals surface area contributed by atoms with E-state index in [4.69, 9.17) is 6.42 Å². The van der Waals surface area contributed by atoms with Crippen molar-refractivity contribution < 1.29 is 13.2 Å². The third-order valence-corrected chi connectivity index (χ3v) is 7.00. The first-order chi connectivity index (χ1) is 13.9. The Hall–Kier alpha value is -2.12. The number of terminal acetylenes is 1. The fraction of sp³-hybridized carbons (Fsp3) is 0.550. The molecule has 5 N–H and O–H groups in total. The predicted molar refractivity (Wildman–Crippen MR) is 111 cm³/mol. The molecule has 0 unspecified atom stereocenters. The first kappa shape index (κ1) is 20.2. The van der Waals surface area contributed by atoms with E-state index in [2.05, 4.69) is 37.6 Å². The van der Waals surface area contributed by atoms with Crippen LogP contribution < -0.4 is 25.6 Å². The lowest BCUT2D eigenvalue weighted by molar-refractivity contribution is 0.256. The predicted octanol–water partition coefficient (Wildman–Crippen LogP) is 1.23. The fourth-order valence-electron chi connectivity index (χ4n) is 4.41. The Balaban J connectivity index is 1.35. The first-order valence-electron chi connectivity index (χ1n) is 10.1. The lowest BCUT2D eigenvalue weighted by Crippen LogP contribution is -2.43. The van der Waals surface area contributed by atoms with Gasteiger partial charge >= 0.3 is 16.2 Å². The molecule has 0 bridgehead atoms. The highest BCUT2D eigenvalue weighted by atomic mass is 32.2. The number of rotatable bonds is 8. The Morgan fingerprint density at radius 1 is 1.10 bits per heavy atom. The molecule has 2 aliphatic carbocycles. The van der Waals surface area contributed by atoms with Crippen LogP contribution in [-0.2, 0) is 35.9 Å². The summed E-state index contributed by atoms with van der Waals surface area (Å²) < 4.78 is 29.0. The van der Waals surface area contributed by atoms with Crippen LogP contribution in [0.3, 0.4) is 0 Å². The number of fused-ring (bicyclic) bond motifs is 2. The Morgan fingerprint density at radius 2 is 1.76 bits per heavy atom. The van der Waals surface area contributed by atoms with Crippen LogP contribution in [0.5, 0.6) is 0 Å². The zero-order valence-corrected chi connectivity index (χ0v) is 17.2. The van der Waals surface area contributed by atoms with Gasteiger partial charge in [0.2, 0.25) is 0 Å². The Morgan fingerprint density at radius 3 is 2.34 bits per heavy atom. The zero-order valence-electron chi connectivity index (χ0n) is 16.4. The van der Waals surface area contributed by atoms with Crippen molar-refractivity contribution >= 4 is 21.9 Å². The quantitative estimate of drug-likeness (QED) is 0.321. The van der Waals surface area contributed by atoms with Crippen molar-refractivity contribution in [3.05, 3.63) is 28.3 Å². The van der Waals surface area contributed by atoms with Crippen LogP contribution in [0.15, 0.2) is 6.07 Å². The average molecular weight is 418 g/mol. The fourth-order valence-corrected chi connectivity index (χ4v) is 5.15. The highest BCUT2D eigenvalue weighted by molar-refractivity contribution is 7.88. The summed E-state index contributed by atoms with van der Waals surface area (Å²) in [4.78, 5) is 12.5. The molecule has 4 rings (SSSR count). The van der Waals surface area contributed by atoms with Gasteiger partial charge in [0.25, 0.3) is 0 Å². The van der Waals surface area contributed by atoms with Gasteiger partial charge in [0.15, 0.2) is 0 Å². The molecule has 1 heterocycles. The van der Waals surface area contributed by atoms with Crippen LogP contribution >= 0.6 is 0 Å². The maximum atomic E-state index is 12.5. The van der Waals surface area contributed by atoms with Gasteiger partial charge in [0, 0.05) is 18.7 Å². The number of nitrogens with one attached hydrogen (secondary N) is 5. The summed E-state index contributed by atoms with van der Waals surface area (Å²) in [6.45, 7) is 0.184. The number of benzene rings is 1. The number of carbonyl (C=O) groups excluding carboxylic acids is 1. The van der Waals surface area contributed by atoms with Crippen molar-refractivity contribution in [2.75, 3.05) is 11.9 Å². The van der Waals surface area contributed by atoms with Crippen LogP contribution in [0, 0.1) is 12.3 Å². The van der Waals surface area contributed by atoms with Gasteiger partial charge in [-0.25, -0.2) is 20.4 Å². The minimum absolute atomic E-state index is 0.184. The molecular weight excluding hydrogens is 390 g/mol. The van der Waals surface area contributed by atoms with E-state index in [1.165, 1.54) is 11.1 Å². The highest BCUT2D eigenvalue weighted by Gasteiger charge is 2.40. The van der Waals surface area contributed by atoms with Crippen LogP contribution in [0.4, 0.5) is 10.5 Å². The second kappa shape index (κ2) is 7.95. The van der Waals surface area contributed by atoms with E-state index >= 15 is 0 Å². The SMILES string of the molecule is C#CCCC1(CCNS(=O)(=O)NC(=O)Nc2c3c(cc4c2CCC4)CCC3)NN1. The molecule has 8 nitrogen and oxygen atoms in total. The molecule has 0 saturated carbocycles. The van der Waals surface area contributed by atoms with E-state index in [1.54, 1.807) is 0 Å². The summed E-state index contributed by atoms with van der Waals surface area (Å²) in [6.07, 6.45) is 13.1. The van der Waals surface area contributed by atoms with Gasteiger partial charge in [0.05, 0.1) is 5.66 Å². The summed E-state index contributed by atoms with van der Waals surface area (Å²) in [6, 6.07) is 1.54. The molecule has 1 fully saturated rings. The molecule has 0 atom stereocenters. The normalized spacial score (nSPS) is 18.6. The number of urea groups is 1. The molecular formula is C20H27N5O3S. The lowest BCUT2D eigenvalue weighted by atomic mass is 9.99. The van der Waals surface area contributed by atoms with Gasteiger partial charge in [0.1, 0.15) is 0 Å². The maximum Gasteiger partial charge on any atom is 0.333 e. The Labute approximate surface area is 171 Å². The van der Waals surface area contributed by atoms with Gasteiger partial charge < -0.3 is 5.32 Å². The number of hydrazine groups is 1. The van der Waals surface area contributed by atoms with Gasteiger partial charge in [-0.15, -0.1) is 12.3 Å². The van der Waals surface area contributed by atoms with Gasteiger partial charge in [-0.2, -0.15) is 13.1 Å². The van der Waals surface area contributed by atoms with Crippen LogP contribution in [0.2, 0.25) is 0 Å². The summed E-state index contributed by atoms with van der Waals surface area (Å²) in [7, 11) is -3.95. The Bertz CT molecular complexity index is 931. The maximum absolute atomic E-state index is 12.5. The van der Waals surface area contributed by atoms with Crippen molar-refractivity contribution in [3.63, 3.8) is 0 Å². The number of hydrogen-bond acceptors (Lipinski definition) is 5. The van der Waals surface area contributed by atoms with Gasteiger partial charge in [-0.1, -0.05) is 6.07 Å². The van der Waals surface area contributed by atoms with E-state index in [9.17, 15) is 13.2 Å². The summed E-state index contributed by atoms with van der Waals surface area (Å²) in [5.74, 6) is 2.57. The second-order valence-corrected chi connectivity index (χ2v) is 9.47. The van der Waals surface area contributed by atoms with Crippen molar-refractivity contribution in [2.45, 2.75) is 63.5 Å². The summed E-state index contributed by atoms with van der Waals surface area (Å²) >= 11 is 0. The number of carbonyl (C=O) groups is 1. The molecule has 1 aromatic rings. The molecule has 0 spiro atoms. The minimum Gasteiger partial charge on any atom is -0.307 e. The van der Waals surface area contributed by atoms with E-state index < -0.39 is 16.2 Å². The standard InChI is InChI=1S/C20H27N5O3S/c1-2-3-10-20(24-25-20)11-12-21-29(27,28)23-19(26)22-18-16-8-4-6-14(16)13-15-7-5-9-17(15)18/h1,13,21,24-25H,3-12H2,(H2,22,23,26). The monoisotopic (exact) mass is 417 g/mol. The molecule has 29 heavy (non-hydrogen) atoms. The first-order valence-corrected chi connectivity index (χ1v) is 11.6. The van der Waals surface area contributed by atoms with Crippen molar-refractivity contribution in [1.82, 2.24) is 20.3 Å². The topological polar surface area (TPSA) is 131 Å². The van der Waals surface area contributed by atoms with Gasteiger partial charge in [-0.3, -0.25) is 0 Å². The number of anilines is 1. The molecule has 0 aromatic heterocycles. The number of amides is 2. The van der Waals surface area contributed by atoms with E-state index in [-0.39, 0.29) is 12.2 Å². The molecule has 2 amide bonds. The van der Waals surface area contributed by atoms with E-state index in [1.807, 2.05) is 0 Å². The van der Waals surface area contributed by atoms with Crippen LogP contribution in [0.25, 0.3) is 0 Å². The van der Waals surface area contributed by atoms with E-state index in [0.717, 1.165) is 55.3 Å². The average Bonchev–Trinajstić information content (AvgIpc) is 3.05. The molecule has 1 saturated heterocycles. The highest BCUT2D eigenvalue weighted by Crippen LogP contribution is 2.38. The summed E-state index contributed by atoms with van der Waals surface area (Å²) in [5, 5.41) is 2.83. The van der Waals surface area contributed by atoms with E-state index in [0.29, 0.717) is 19.3 Å². The second-order valence-electron chi connectivity index (χ2n) is 7.97. The van der Waals surface area contributed by atoms with Gasteiger partial charge in [-0.05, 0) is 73.6 Å². The van der Waals surface area contributed by atoms with Crippen molar-refractivity contribution in [3.8, 4) is 12.3 Å². The third kappa shape index (κ3) is 4.56. The van der Waals surface area contributed by atoms with Crippen molar-refractivity contribution in [1.29, 1.82) is 0 Å². The number of aryl methyl sites for hydroxylation is 2. The molecule has 1 aliphatic heterocycles. The Kier molecular flexibility index (Phi) is 5.53. The minimum atomic E-state index is -3.95. The third-order valence-electron chi connectivity index (χ3n) is 5.96. The number of hydrogen-bond donors (Lipinski definition) is 5. The lowest BCUT2D eigenvalue weighted by Gasteiger charge is -2.17. The van der Waals surface area contributed by atoms with Crippen LogP contribution in [0.1, 0.15) is 54.4 Å². The smallest absolute Gasteiger partial charge is 0.307 e. The largest absolute Gasteiger partial charge is 0.333 e. The summed E-state index contributed by atoms with van der Waals surface area (Å²) in [5.41, 5.74) is 11.4. The molecule has 9 heteroatoms. The van der Waals surface area contributed by atoms with Crippen molar-refractivity contribution in [2.24, 2.45) is 0 Å². The van der Waals surface area contributed by atoms with Crippen LogP contribution in [-0.4, -0.2) is 26.7 Å². The molecule has 1 aromatic carbocycles. The molecule has 156 valence electrons. The zero-order chi connectivity index (χ0) is 20.5. The molecule has 0 radical (unpaired) electrons. The molecule has 3 aliphatic rings.